The topological polar surface area (TPSA) is 81.2 Å². The van der Waals surface area contributed by atoms with Crippen LogP contribution in [-0.2, 0) is 10.0 Å². The minimum atomic E-state index is -3.72. The maximum Gasteiger partial charge on any atom is 0.257 e. The Morgan fingerprint density at radius 3 is 2.58 bits per heavy atom. The summed E-state index contributed by atoms with van der Waals surface area (Å²) >= 11 is 0. The minimum absolute atomic E-state index is 0.00775. The number of rotatable bonds is 5. The highest BCUT2D eigenvalue weighted by Crippen LogP contribution is 2.39. The average Bonchev–Trinajstić information content (AvgIpc) is 3.01. The van der Waals surface area contributed by atoms with Crippen LogP contribution in [0.5, 0.6) is 0 Å². The summed E-state index contributed by atoms with van der Waals surface area (Å²) in [6.07, 6.45) is 4.34. The Hall–Kier alpha value is -0.920. The second kappa shape index (κ2) is 4.57. The maximum absolute atomic E-state index is 11.5. The van der Waals surface area contributed by atoms with Gasteiger partial charge in [-0.15, -0.1) is 0 Å². The second-order valence-electron chi connectivity index (χ2n) is 5.44. The Labute approximate surface area is 113 Å². The zero-order valence-electron chi connectivity index (χ0n) is 11.1. The van der Waals surface area contributed by atoms with Crippen LogP contribution in [0.25, 0.3) is 0 Å². The Morgan fingerprint density at radius 2 is 2.16 bits per heavy atom. The molecule has 2 heterocycles. The van der Waals surface area contributed by atoms with Crippen LogP contribution in [0.1, 0.15) is 50.4 Å². The van der Waals surface area contributed by atoms with Gasteiger partial charge in [-0.1, -0.05) is 6.92 Å². The summed E-state index contributed by atoms with van der Waals surface area (Å²) in [5, 5.41) is 9.44. The molecule has 2 fully saturated rings. The third-order valence-corrected chi connectivity index (χ3v) is 4.77. The van der Waals surface area contributed by atoms with E-state index in [1.165, 1.54) is 6.42 Å². The highest BCUT2D eigenvalue weighted by Gasteiger charge is 2.34. The van der Waals surface area contributed by atoms with Gasteiger partial charge in [0.25, 0.3) is 10.0 Å². The molecule has 0 amide bonds. The van der Waals surface area contributed by atoms with Crippen molar-refractivity contribution < 1.29 is 8.42 Å². The second-order valence-corrected chi connectivity index (χ2v) is 6.95. The van der Waals surface area contributed by atoms with Crippen LogP contribution in [0, 0.1) is 0 Å². The van der Waals surface area contributed by atoms with E-state index in [2.05, 4.69) is 16.9 Å². The van der Waals surface area contributed by atoms with Crippen LogP contribution < -0.4 is 5.14 Å². The first-order valence-corrected chi connectivity index (χ1v) is 8.41. The molecule has 1 aliphatic heterocycles. The summed E-state index contributed by atoms with van der Waals surface area (Å²) in [6.45, 7) is 4.29. The van der Waals surface area contributed by atoms with Gasteiger partial charge in [-0.2, -0.15) is 5.10 Å². The lowest BCUT2D eigenvalue weighted by Gasteiger charge is -2.38. The molecule has 0 bridgehead atoms. The monoisotopic (exact) mass is 284 g/mol. The van der Waals surface area contributed by atoms with Crippen molar-refractivity contribution in [2.75, 3.05) is 13.1 Å². The molecular formula is C12H20N4O2S. The maximum atomic E-state index is 11.5. The molecule has 2 aliphatic rings. The fourth-order valence-corrected chi connectivity index (χ4v) is 3.18. The molecular weight excluding hydrogens is 264 g/mol. The quantitative estimate of drug-likeness (QED) is 0.875. The van der Waals surface area contributed by atoms with E-state index in [0.29, 0.717) is 6.04 Å². The molecule has 0 aromatic carbocycles. The molecule has 106 valence electrons. The predicted molar refractivity (Wildman–Crippen MR) is 71.1 cm³/mol. The van der Waals surface area contributed by atoms with Crippen molar-refractivity contribution in [3.8, 4) is 0 Å². The van der Waals surface area contributed by atoms with E-state index >= 15 is 0 Å². The van der Waals surface area contributed by atoms with Crippen molar-refractivity contribution in [2.45, 2.75) is 49.7 Å². The van der Waals surface area contributed by atoms with Gasteiger partial charge in [0, 0.05) is 19.2 Å². The van der Waals surface area contributed by atoms with Crippen LogP contribution in [-0.4, -0.2) is 36.2 Å². The molecule has 1 saturated carbocycles. The largest absolute Gasteiger partial charge is 0.295 e. The molecule has 1 aliphatic carbocycles. The molecule has 2 N–H and O–H groups in total. The van der Waals surface area contributed by atoms with E-state index in [-0.39, 0.29) is 11.1 Å². The highest BCUT2D eigenvalue weighted by atomic mass is 32.2. The summed E-state index contributed by atoms with van der Waals surface area (Å²) in [5.74, 6) is 0. The van der Waals surface area contributed by atoms with Gasteiger partial charge < -0.3 is 0 Å². The van der Waals surface area contributed by atoms with E-state index in [0.717, 1.165) is 38.0 Å². The summed E-state index contributed by atoms with van der Waals surface area (Å²) in [4.78, 5) is 2.38. The smallest absolute Gasteiger partial charge is 0.257 e. The van der Waals surface area contributed by atoms with Crippen molar-refractivity contribution >= 4 is 10.0 Å². The van der Waals surface area contributed by atoms with Gasteiger partial charge in [0.1, 0.15) is 0 Å². The lowest BCUT2D eigenvalue weighted by Crippen LogP contribution is -2.40. The number of aromatic nitrogens is 2. The first-order chi connectivity index (χ1) is 9.00. The number of nitrogens with two attached hydrogens (primary N) is 1. The van der Waals surface area contributed by atoms with Gasteiger partial charge in [-0.25, -0.2) is 13.6 Å². The molecule has 0 radical (unpaired) electrons. The summed E-state index contributed by atoms with van der Waals surface area (Å²) in [7, 11) is -3.72. The SMILES string of the molecule is CCC(c1cc(S(N)(=O)=O)nn1C1CC1)N1CCC1. The fourth-order valence-electron chi connectivity index (χ4n) is 2.69. The van der Waals surface area contributed by atoms with Gasteiger partial charge in [0.2, 0.25) is 0 Å². The summed E-state index contributed by atoms with van der Waals surface area (Å²) in [5.41, 5.74) is 1.01. The Kier molecular flexibility index (Phi) is 3.15. The lowest BCUT2D eigenvalue weighted by molar-refractivity contribution is 0.108. The Balaban J connectivity index is 2.00. The first-order valence-electron chi connectivity index (χ1n) is 6.87. The minimum Gasteiger partial charge on any atom is -0.295 e. The number of primary sulfonamides is 1. The molecule has 19 heavy (non-hydrogen) atoms. The first kappa shape index (κ1) is 13.1. The van der Waals surface area contributed by atoms with E-state index in [9.17, 15) is 8.42 Å². The van der Waals surface area contributed by atoms with Crippen LogP contribution in [0.3, 0.4) is 0 Å². The van der Waals surface area contributed by atoms with Gasteiger partial charge in [-0.05, 0) is 25.7 Å². The van der Waals surface area contributed by atoms with Crippen molar-refractivity contribution in [1.29, 1.82) is 0 Å². The van der Waals surface area contributed by atoms with E-state index in [1.807, 2.05) is 4.68 Å². The molecule has 7 heteroatoms. The number of likely N-dealkylation sites (tertiary alicyclic amines) is 1. The normalized spacial score (nSPS) is 22.2. The summed E-state index contributed by atoms with van der Waals surface area (Å²) < 4.78 is 24.9. The third kappa shape index (κ3) is 2.42. The van der Waals surface area contributed by atoms with Crippen molar-refractivity contribution in [3.05, 3.63) is 11.8 Å². The lowest BCUT2D eigenvalue weighted by atomic mass is 10.0. The Bertz CT molecular complexity index is 573. The molecule has 1 saturated heterocycles. The van der Waals surface area contributed by atoms with E-state index < -0.39 is 10.0 Å². The van der Waals surface area contributed by atoms with Gasteiger partial charge in [-0.3, -0.25) is 9.58 Å². The zero-order valence-corrected chi connectivity index (χ0v) is 11.9. The van der Waals surface area contributed by atoms with Crippen LogP contribution >= 0.6 is 0 Å². The number of nitrogens with zero attached hydrogens (tertiary/aromatic N) is 3. The highest BCUT2D eigenvalue weighted by molar-refractivity contribution is 7.89. The molecule has 1 aromatic heterocycles. The van der Waals surface area contributed by atoms with Crippen molar-refractivity contribution in [1.82, 2.24) is 14.7 Å². The van der Waals surface area contributed by atoms with Gasteiger partial charge >= 0.3 is 0 Å². The number of hydrogen-bond donors (Lipinski definition) is 1. The van der Waals surface area contributed by atoms with Crippen LogP contribution in [0.4, 0.5) is 0 Å². The number of hydrogen-bond acceptors (Lipinski definition) is 4. The van der Waals surface area contributed by atoms with Gasteiger partial charge in [0.15, 0.2) is 5.03 Å². The molecule has 1 unspecified atom stereocenters. The van der Waals surface area contributed by atoms with Crippen LogP contribution in [0.15, 0.2) is 11.1 Å². The predicted octanol–water partition coefficient (Wildman–Crippen LogP) is 1.02. The van der Waals surface area contributed by atoms with Crippen molar-refractivity contribution in [3.63, 3.8) is 0 Å². The fraction of sp³-hybridized carbons (Fsp3) is 0.750. The molecule has 6 nitrogen and oxygen atoms in total. The van der Waals surface area contributed by atoms with E-state index in [4.69, 9.17) is 5.14 Å². The average molecular weight is 284 g/mol. The number of sulfonamides is 1. The molecule has 1 aromatic rings. The van der Waals surface area contributed by atoms with Crippen LogP contribution in [0.2, 0.25) is 0 Å². The molecule has 3 rings (SSSR count). The van der Waals surface area contributed by atoms with Gasteiger partial charge in [0.05, 0.1) is 17.8 Å². The van der Waals surface area contributed by atoms with Crippen molar-refractivity contribution in [2.24, 2.45) is 5.14 Å². The van der Waals surface area contributed by atoms with E-state index in [1.54, 1.807) is 6.07 Å². The third-order valence-electron chi connectivity index (χ3n) is 3.99. The zero-order chi connectivity index (χ0) is 13.6. The standard InChI is InChI=1S/C12H20N4O2S/c1-2-10(15-6-3-7-15)11-8-12(19(13,17)18)14-16(11)9-4-5-9/h8-10H,2-7H2,1H3,(H2,13,17,18). The summed E-state index contributed by atoms with van der Waals surface area (Å²) in [6, 6.07) is 2.29. The molecule has 1 atom stereocenters. The Morgan fingerprint density at radius 1 is 1.47 bits per heavy atom. The molecule has 0 spiro atoms.